The highest BCUT2D eigenvalue weighted by atomic mass is 32.2. The molecule has 1 atom stereocenters. The lowest BCUT2D eigenvalue weighted by Gasteiger charge is -2.02. The standard InChI is InChI=1S/C13H13BOS/c14-12-8-6-11(7-9-12)10-16(15)13-4-2-1-3-5-13/h1-9H,10,14H2. The third-order valence-electron chi connectivity index (χ3n) is 2.42. The van der Waals surface area contributed by atoms with Gasteiger partial charge in [0.25, 0.3) is 0 Å². The first kappa shape index (κ1) is 11.1. The molecule has 0 aliphatic heterocycles. The zero-order valence-corrected chi connectivity index (χ0v) is 10.0. The Labute approximate surface area is 99.4 Å². The molecule has 0 saturated heterocycles. The van der Waals surface area contributed by atoms with Crippen LogP contribution in [0.5, 0.6) is 0 Å². The van der Waals surface area contributed by atoms with Gasteiger partial charge in [-0.15, -0.1) is 0 Å². The lowest BCUT2D eigenvalue weighted by atomic mass is 9.96. The van der Waals surface area contributed by atoms with E-state index < -0.39 is 10.8 Å². The van der Waals surface area contributed by atoms with Crippen molar-refractivity contribution in [1.82, 2.24) is 0 Å². The highest BCUT2D eigenvalue weighted by molar-refractivity contribution is 7.84. The molecule has 2 aromatic carbocycles. The summed E-state index contributed by atoms with van der Waals surface area (Å²) in [6, 6.07) is 17.8. The van der Waals surface area contributed by atoms with E-state index in [4.69, 9.17) is 0 Å². The first-order valence-electron chi connectivity index (χ1n) is 5.25. The second kappa shape index (κ2) is 5.13. The van der Waals surface area contributed by atoms with E-state index >= 15 is 0 Å². The van der Waals surface area contributed by atoms with E-state index in [9.17, 15) is 4.21 Å². The summed E-state index contributed by atoms with van der Waals surface area (Å²) >= 11 is 0. The molecule has 0 fully saturated rings. The molecule has 0 aliphatic rings. The molecule has 1 nitrogen and oxygen atoms in total. The zero-order valence-electron chi connectivity index (χ0n) is 9.22. The van der Waals surface area contributed by atoms with Gasteiger partial charge in [-0.05, 0) is 17.7 Å². The Morgan fingerprint density at radius 1 is 0.938 bits per heavy atom. The Balaban J connectivity index is 2.11. The molecule has 3 heteroatoms. The van der Waals surface area contributed by atoms with Crippen LogP contribution >= 0.6 is 0 Å². The predicted molar refractivity (Wildman–Crippen MR) is 71.2 cm³/mol. The molecule has 16 heavy (non-hydrogen) atoms. The van der Waals surface area contributed by atoms with Crippen molar-refractivity contribution in [3.05, 3.63) is 60.2 Å². The summed E-state index contributed by atoms with van der Waals surface area (Å²) in [6.07, 6.45) is 0. The third-order valence-corrected chi connectivity index (χ3v) is 3.82. The van der Waals surface area contributed by atoms with Crippen molar-refractivity contribution in [3.8, 4) is 0 Å². The van der Waals surface area contributed by atoms with Crippen molar-refractivity contribution in [2.45, 2.75) is 10.6 Å². The highest BCUT2D eigenvalue weighted by Gasteiger charge is 2.03. The normalized spacial score (nSPS) is 12.2. The van der Waals surface area contributed by atoms with E-state index in [1.807, 2.05) is 42.5 Å². The van der Waals surface area contributed by atoms with Crippen LogP contribution < -0.4 is 5.46 Å². The second-order valence-electron chi connectivity index (χ2n) is 3.79. The van der Waals surface area contributed by atoms with Crippen LogP contribution in [0.25, 0.3) is 0 Å². The van der Waals surface area contributed by atoms with Crippen molar-refractivity contribution in [2.75, 3.05) is 0 Å². The fraction of sp³-hybridized carbons (Fsp3) is 0.0769. The quantitative estimate of drug-likeness (QED) is 0.722. The maximum absolute atomic E-state index is 12.0. The van der Waals surface area contributed by atoms with Crippen LogP contribution in [0.1, 0.15) is 5.56 Å². The Bertz CT molecular complexity index is 479. The van der Waals surface area contributed by atoms with E-state index in [1.54, 1.807) is 0 Å². The van der Waals surface area contributed by atoms with Crippen LogP contribution in [0.15, 0.2) is 59.5 Å². The van der Waals surface area contributed by atoms with Crippen molar-refractivity contribution in [3.63, 3.8) is 0 Å². The molecule has 0 radical (unpaired) electrons. The molecular formula is C13H13BOS. The van der Waals surface area contributed by atoms with Gasteiger partial charge in [0.2, 0.25) is 0 Å². The molecule has 0 aromatic heterocycles. The molecule has 0 aliphatic carbocycles. The van der Waals surface area contributed by atoms with E-state index in [-0.39, 0.29) is 0 Å². The highest BCUT2D eigenvalue weighted by Crippen LogP contribution is 2.10. The van der Waals surface area contributed by atoms with Gasteiger partial charge < -0.3 is 0 Å². The zero-order chi connectivity index (χ0) is 11.4. The van der Waals surface area contributed by atoms with Gasteiger partial charge in [-0.25, -0.2) is 0 Å². The van der Waals surface area contributed by atoms with Gasteiger partial charge in [-0.3, -0.25) is 4.21 Å². The smallest absolute Gasteiger partial charge is 0.139 e. The SMILES string of the molecule is Bc1ccc(CS(=O)c2ccccc2)cc1. The number of rotatable bonds is 3. The van der Waals surface area contributed by atoms with Crippen LogP contribution in [0.2, 0.25) is 0 Å². The van der Waals surface area contributed by atoms with Gasteiger partial charge in [0.05, 0.1) is 16.6 Å². The molecule has 0 spiro atoms. The Morgan fingerprint density at radius 3 is 2.19 bits per heavy atom. The summed E-state index contributed by atoms with van der Waals surface area (Å²) < 4.78 is 12.0. The Kier molecular flexibility index (Phi) is 3.57. The fourth-order valence-corrected chi connectivity index (χ4v) is 2.61. The number of benzene rings is 2. The molecule has 0 bridgehead atoms. The summed E-state index contributed by atoms with van der Waals surface area (Å²) in [5.41, 5.74) is 2.35. The van der Waals surface area contributed by atoms with E-state index in [0.717, 1.165) is 10.5 Å². The van der Waals surface area contributed by atoms with Crippen molar-refractivity contribution in [2.24, 2.45) is 0 Å². The molecule has 2 rings (SSSR count). The summed E-state index contributed by atoms with van der Waals surface area (Å²) in [5, 5.41) is 0. The largest absolute Gasteiger partial charge is 0.254 e. The summed E-state index contributed by atoms with van der Waals surface area (Å²) in [6.45, 7) is 0. The van der Waals surface area contributed by atoms with Gasteiger partial charge in [0, 0.05) is 4.90 Å². The Morgan fingerprint density at radius 2 is 1.56 bits per heavy atom. The van der Waals surface area contributed by atoms with Crippen molar-refractivity contribution >= 4 is 24.1 Å². The monoisotopic (exact) mass is 228 g/mol. The van der Waals surface area contributed by atoms with Crippen LogP contribution in [0, 0.1) is 0 Å². The van der Waals surface area contributed by atoms with E-state index in [1.165, 1.54) is 5.46 Å². The maximum atomic E-state index is 12.0. The number of hydrogen-bond acceptors (Lipinski definition) is 1. The first-order valence-corrected chi connectivity index (χ1v) is 6.56. The topological polar surface area (TPSA) is 17.1 Å². The molecule has 0 amide bonds. The average Bonchev–Trinajstić information content (AvgIpc) is 2.33. The molecule has 0 heterocycles. The van der Waals surface area contributed by atoms with Gasteiger partial charge in [0.15, 0.2) is 0 Å². The van der Waals surface area contributed by atoms with E-state index in [0.29, 0.717) is 5.75 Å². The van der Waals surface area contributed by atoms with Gasteiger partial charge in [0.1, 0.15) is 7.85 Å². The van der Waals surface area contributed by atoms with Crippen LogP contribution in [-0.2, 0) is 16.6 Å². The second-order valence-corrected chi connectivity index (χ2v) is 5.24. The van der Waals surface area contributed by atoms with Gasteiger partial charge >= 0.3 is 0 Å². The lowest BCUT2D eigenvalue weighted by molar-refractivity contribution is 0.682. The maximum Gasteiger partial charge on any atom is 0.139 e. The summed E-state index contributed by atoms with van der Waals surface area (Å²) in [7, 11) is 1.11. The third kappa shape index (κ3) is 2.83. The molecule has 0 N–H and O–H groups in total. The lowest BCUT2D eigenvalue weighted by Crippen LogP contribution is -2.02. The minimum Gasteiger partial charge on any atom is -0.254 e. The first-order chi connectivity index (χ1) is 7.75. The number of hydrogen-bond donors (Lipinski definition) is 0. The fourth-order valence-electron chi connectivity index (χ4n) is 1.49. The van der Waals surface area contributed by atoms with E-state index in [2.05, 4.69) is 20.0 Å². The summed E-state index contributed by atoms with van der Waals surface area (Å²) in [4.78, 5) is 0.892. The van der Waals surface area contributed by atoms with Crippen molar-refractivity contribution in [1.29, 1.82) is 0 Å². The molecule has 2 aromatic rings. The van der Waals surface area contributed by atoms with Gasteiger partial charge in [-0.2, -0.15) is 0 Å². The minimum atomic E-state index is -0.941. The van der Waals surface area contributed by atoms with Crippen LogP contribution in [0.4, 0.5) is 0 Å². The minimum absolute atomic E-state index is 0.588. The molecular weight excluding hydrogens is 215 g/mol. The van der Waals surface area contributed by atoms with Crippen LogP contribution in [0.3, 0.4) is 0 Å². The molecule has 80 valence electrons. The molecule has 1 unspecified atom stereocenters. The predicted octanol–water partition coefficient (Wildman–Crippen LogP) is 1.25. The van der Waals surface area contributed by atoms with Gasteiger partial charge in [-0.1, -0.05) is 47.9 Å². The Hall–Kier alpha value is -1.35. The summed E-state index contributed by atoms with van der Waals surface area (Å²) in [5.74, 6) is 0.588. The van der Waals surface area contributed by atoms with Crippen molar-refractivity contribution < 1.29 is 4.21 Å². The average molecular weight is 228 g/mol. The molecule has 0 saturated carbocycles. The van der Waals surface area contributed by atoms with Crippen LogP contribution in [-0.4, -0.2) is 12.1 Å².